The Labute approximate surface area is 148 Å². The summed E-state index contributed by atoms with van der Waals surface area (Å²) in [6.07, 6.45) is 4.53. The molecule has 6 nitrogen and oxygen atoms in total. The van der Waals surface area contributed by atoms with E-state index in [1.807, 2.05) is 25.1 Å². The van der Waals surface area contributed by atoms with Crippen molar-refractivity contribution in [2.24, 2.45) is 0 Å². The molecular weight excluding hydrogens is 314 g/mol. The van der Waals surface area contributed by atoms with E-state index in [4.69, 9.17) is 0 Å². The Morgan fingerprint density at radius 2 is 1.84 bits per heavy atom. The highest BCUT2D eigenvalue weighted by molar-refractivity contribution is 5.93. The molecule has 2 N–H and O–H groups in total. The van der Waals surface area contributed by atoms with Gasteiger partial charge in [-0.25, -0.2) is 9.97 Å². The molecule has 0 radical (unpaired) electrons. The van der Waals surface area contributed by atoms with Crippen molar-refractivity contribution in [1.82, 2.24) is 9.97 Å². The minimum absolute atomic E-state index is 0.0728. The lowest BCUT2D eigenvalue weighted by Crippen LogP contribution is -3.19. The first-order valence-corrected chi connectivity index (χ1v) is 8.93. The van der Waals surface area contributed by atoms with Crippen LogP contribution in [0.25, 0.3) is 0 Å². The quantitative estimate of drug-likeness (QED) is 0.844. The zero-order valence-electron chi connectivity index (χ0n) is 14.9. The zero-order valence-corrected chi connectivity index (χ0v) is 14.9. The van der Waals surface area contributed by atoms with Crippen LogP contribution in [0.2, 0.25) is 0 Å². The van der Waals surface area contributed by atoms with Crippen molar-refractivity contribution in [3.63, 3.8) is 0 Å². The van der Waals surface area contributed by atoms with Crippen LogP contribution in [-0.4, -0.2) is 48.1 Å². The number of rotatable bonds is 5. The van der Waals surface area contributed by atoms with E-state index in [0.717, 1.165) is 44.2 Å². The van der Waals surface area contributed by atoms with Crippen LogP contribution in [0.15, 0.2) is 42.7 Å². The van der Waals surface area contributed by atoms with Gasteiger partial charge in [0.25, 0.3) is 5.91 Å². The standard InChI is InChI=1S/C19H25N5O/c1-3-16-5-7-17(8-6-16)22-18(25)15(2)23-11-13-24(14-12-23)19-20-9-4-10-21-19/h4-10,15H,3,11-14H2,1-2H3,(H,22,25)/p+1/t15-/m1/s1. The van der Waals surface area contributed by atoms with Gasteiger partial charge < -0.3 is 15.1 Å². The van der Waals surface area contributed by atoms with Gasteiger partial charge in [-0.2, -0.15) is 0 Å². The van der Waals surface area contributed by atoms with E-state index in [1.54, 1.807) is 12.4 Å². The van der Waals surface area contributed by atoms with Gasteiger partial charge in [-0.1, -0.05) is 19.1 Å². The van der Waals surface area contributed by atoms with Crippen LogP contribution in [0.5, 0.6) is 0 Å². The average Bonchev–Trinajstić information content (AvgIpc) is 2.69. The van der Waals surface area contributed by atoms with Crippen molar-refractivity contribution in [3.8, 4) is 0 Å². The summed E-state index contributed by atoms with van der Waals surface area (Å²) in [5.74, 6) is 0.846. The van der Waals surface area contributed by atoms with Gasteiger partial charge in [-0.05, 0) is 37.1 Å². The van der Waals surface area contributed by atoms with Crippen LogP contribution in [-0.2, 0) is 11.2 Å². The number of benzene rings is 1. The molecule has 0 aliphatic carbocycles. The maximum absolute atomic E-state index is 12.5. The molecule has 1 atom stereocenters. The van der Waals surface area contributed by atoms with Gasteiger partial charge in [0.1, 0.15) is 0 Å². The predicted octanol–water partition coefficient (Wildman–Crippen LogP) is 0.771. The summed E-state index contributed by atoms with van der Waals surface area (Å²) in [6.45, 7) is 7.66. The van der Waals surface area contributed by atoms with E-state index in [-0.39, 0.29) is 11.9 Å². The number of nitrogens with zero attached hydrogens (tertiary/aromatic N) is 3. The first-order valence-electron chi connectivity index (χ1n) is 8.93. The number of quaternary nitrogens is 1. The van der Waals surface area contributed by atoms with Crippen LogP contribution in [0.1, 0.15) is 19.4 Å². The molecule has 132 valence electrons. The second-order valence-electron chi connectivity index (χ2n) is 6.46. The first-order chi connectivity index (χ1) is 12.2. The molecule has 0 saturated carbocycles. The van der Waals surface area contributed by atoms with Crippen LogP contribution < -0.4 is 15.1 Å². The van der Waals surface area contributed by atoms with Crippen molar-refractivity contribution in [3.05, 3.63) is 48.3 Å². The minimum atomic E-state index is -0.0790. The Balaban J connectivity index is 1.52. The summed E-state index contributed by atoms with van der Waals surface area (Å²) in [7, 11) is 0. The molecule has 1 saturated heterocycles. The summed E-state index contributed by atoms with van der Waals surface area (Å²) < 4.78 is 0. The van der Waals surface area contributed by atoms with Gasteiger partial charge in [-0.3, -0.25) is 4.79 Å². The molecule has 1 fully saturated rings. The van der Waals surface area contributed by atoms with E-state index in [9.17, 15) is 4.79 Å². The minimum Gasteiger partial charge on any atom is -0.330 e. The monoisotopic (exact) mass is 340 g/mol. The van der Waals surface area contributed by atoms with Crippen molar-refractivity contribution in [2.75, 3.05) is 36.4 Å². The van der Waals surface area contributed by atoms with Crippen molar-refractivity contribution in [2.45, 2.75) is 26.3 Å². The molecule has 1 amide bonds. The van der Waals surface area contributed by atoms with Gasteiger partial charge >= 0.3 is 0 Å². The third-order valence-corrected chi connectivity index (χ3v) is 4.88. The van der Waals surface area contributed by atoms with Crippen LogP contribution in [0, 0.1) is 0 Å². The molecule has 0 spiro atoms. The summed E-state index contributed by atoms with van der Waals surface area (Å²) in [4.78, 5) is 24.6. The van der Waals surface area contributed by atoms with Crippen LogP contribution in [0.3, 0.4) is 0 Å². The molecule has 3 rings (SSSR count). The van der Waals surface area contributed by atoms with Gasteiger partial charge in [0, 0.05) is 18.1 Å². The maximum atomic E-state index is 12.5. The predicted molar refractivity (Wildman–Crippen MR) is 98.9 cm³/mol. The Hall–Kier alpha value is -2.47. The topological polar surface area (TPSA) is 62.6 Å². The molecule has 1 aromatic heterocycles. The summed E-state index contributed by atoms with van der Waals surface area (Å²) in [6, 6.07) is 9.82. The average molecular weight is 340 g/mol. The maximum Gasteiger partial charge on any atom is 0.282 e. The first kappa shape index (κ1) is 17.4. The number of aromatic nitrogens is 2. The van der Waals surface area contributed by atoms with Crippen molar-refractivity contribution >= 4 is 17.5 Å². The Bertz CT molecular complexity index is 681. The number of anilines is 2. The highest BCUT2D eigenvalue weighted by atomic mass is 16.2. The van der Waals surface area contributed by atoms with E-state index < -0.39 is 0 Å². The SMILES string of the molecule is CCc1ccc(NC(=O)[C@@H](C)[NH+]2CCN(c3ncccn3)CC2)cc1. The Morgan fingerprint density at radius 3 is 2.44 bits per heavy atom. The smallest absolute Gasteiger partial charge is 0.282 e. The van der Waals surface area contributed by atoms with Crippen molar-refractivity contribution < 1.29 is 9.69 Å². The molecule has 0 bridgehead atoms. The van der Waals surface area contributed by atoms with Gasteiger partial charge in [0.15, 0.2) is 6.04 Å². The lowest BCUT2D eigenvalue weighted by molar-refractivity contribution is -0.914. The zero-order chi connectivity index (χ0) is 17.6. The summed E-state index contributed by atoms with van der Waals surface area (Å²) in [5.41, 5.74) is 2.14. The number of carbonyl (C=O) groups is 1. The highest BCUT2D eigenvalue weighted by Gasteiger charge is 2.29. The highest BCUT2D eigenvalue weighted by Crippen LogP contribution is 2.10. The fourth-order valence-electron chi connectivity index (χ4n) is 3.14. The molecule has 1 aliphatic heterocycles. The molecule has 2 aromatic rings. The van der Waals surface area contributed by atoms with Gasteiger partial charge in [0.05, 0.1) is 26.2 Å². The third-order valence-electron chi connectivity index (χ3n) is 4.88. The number of aryl methyl sites for hydroxylation is 1. The second kappa shape index (κ2) is 8.07. The molecular formula is C19H26N5O+. The molecule has 1 aliphatic rings. The van der Waals surface area contributed by atoms with Gasteiger partial charge in [-0.15, -0.1) is 0 Å². The van der Waals surface area contributed by atoms with E-state index in [0.29, 0.717) is 0 Å². The Kier molecular flexibility index (Phi) is 5.60. The summed E-state index contributed by atoms with van der Waals surface area (Å²) in [5, 5.41) is 3.04. The largest absolute Gasteiger partial charge is 0.330 e. The fraction of sp³-hybridized carbons (Fsp3) is 0.421. The number of amides is 1. The molecule has 2 heterocycles. The normalized spacial score (nSPS) is 16.5. The van der Waals surface area contributed by atoms with Crippen molar-refractivity contribution in [1.29, 1.82) is 0 Å². The van der Waals surface area contributed by atoms with Gasteiger partial charge in [0.2, 0.25) is 5.95 Å². The lowest BCUT2D eigenvalue weighted by atomic mass is 10.1. The molecule has 1 aromatic carbocycles. The number of piperazine rings is 1. The number of hydrogen-bond acceptors (Lipinski definition) is 4. The number of hydrogen-bond donors (Lipinski definition) is 2. The Morgan fingerprint density at radius 1 is 1.20 bits per heavy atom. The molecule has 0 unspecified atom stereocenters. The number of nitrogens with one attached hydrogen (secondary N) is 2. The van der Waals surface area contributed by atoms with Crippen LogP contribution in [0.4, 0.5) is 11.6 Å². The summed E-state index contributed by atoms with van der Waals surface area (Å²) >= 11 is 0. The molecule has 6 heteroatoms. The van der Waals surface area contributed by atoms with E-state index >= 15 is 0 Å². The third kappa shape index (κ3) is 4.33. The van der Waals surface area contributed by atoms with Crippen LogP contribution >= 0.6 is 0 Å². The van der Waals surface area contributed by atoms with E-state index in [1.165, 1.54) is 10.5 Å². The van der Waals surface area contributed by atoms with E-state index in [2.05, 4.69) is 39.2 Å². The second-order valence-corrected chi connectivity index (χ2v) is 6.46. The fourth-order valence-corrected chi connectivity index (χ4v) is 3.14. The number of carbonyl (C=O) groups excluding carboxylic acids is 1. The molecule has 25 heavy (non-hydrogen) atoms. The lowest BCUT2D eigenvalue weighted by Gasteiger charge is -2.34.